The molecule has 3 rings (SSSR count). The highest BCUT2D eigenvalue weighted by Gasteiger charge is 2.34. The van der Waals surface area contributed by atoms with Crippen molar-refractivity contribution in [3.05, 3.63) is 29.3 Å². The van der Waals surface area contributed by atoms with Crippen molar-refractivity contribution in [2.24, 2.45) is 0 Å². The zero-order valence-corrected chi connectivity index (χ0v) is 16.2. The zero-order chi connectivity index (χ0) is 19.6. The number of anilines is 1. The molecule has 144 valence electrons. The number of amides is 2. The molecule has 1 aliphatic carbocycles. The molecule has 1 aromatic rings. The quantitative estimate of drug-likeness (QED) is 0.862. The number of nitrogens with zero attached hydrogens (tertiary/aromatic N) is 2. The van der Waals surface area contributed by atoms with E-state index in [4.69, 9.17) is 4.74 Å². The monoisotopic (exact) mass is 369 g/mol. The van der Waals surface area contributed by atoms with Crippen molar-refractivity contribution in [3.63, 3.8) is 0 Å². The predicted octanol–water partition coefficient (Wildman–Crippen LogP) is 3.67. The van der Waals surface area contributed by atoms with E-state index in [0.29, 0.717) is 12.0 Å². The Morgan fingerprint density at radius 1 is 1.22 bits per heavy atom. The molecule has 6 nitrogen and oxygen atoms in total. The van der Waals surface area contributed by atoms with Gasteiger partial charge in [-0.25, -0.2) is 4.79 Å². The molecule has 27 heavy (non-hydrogen) atoms. The van der Waals surface area contributed by atoms with Gasteiger partial charge in [0, 0.05) is 24.2 Å². The second-order valence-electron chi connectivity index (χ2n) is 8.37. The summed E-state index contributed by atoms with van der Waals surface area (Å²) in [7, 11) is 0. The number of alkyl carbamates (subject to hydrolysis) is 1. The zero-order valence-electron chi connectivity index (χ0n) is 16.2. The van der Waals surface area contributed by atoms with Crippen LogP contribution in [0.15, 0.2) is 18.2 Å². The standard InChI is InChI=1S/C21H27N3O3/c1-21(2,3)27-20(26)23-16-7-9-17(10-8-16)24-18-12-14(13-22)4-5-15(18)6-11-19(24)25/h4-5,12,16-17H,6-11H2,1-3H3,(H,23,26). The average Bonchev–Trinajstić information content (AvgIpc) is 2.60. The molecular formula is C21H27N3O3. The van der Waals surface area contributed by atoms with Crippen molar-refractivity contribution in [2.45, 2.75) is 77.0 Å². The van der Waals surface area contributed by atoms with Crippen LogP contribution in [-0.2, 0) is 16.0 Å². The van der Waals surface area contributed by atoms with Crippen molar-refractivity contribution in [2.75, 3.05) is 4.90 Å². The smallest absolute Gasteiger partial charge is 0.407 e. The lowest BCUT2D eigenvalue weighted by molar-refractivity contribution is -0.119. The van der Waals surface area contributed by atoms with Crippen LogP contribution in [-0.4, -0.2) is 29.7 Å². The molecule has 1 heterocycles. The summed E-state index contributed by atoms with van der Waals surface area (Å²) in [4.78, 5) is 26.5. The summed E-state index contributed by atoms with van der Waals surface area (Å²) in [5.41, 5.74) is 2.08. The summed E-state index contributed by atoms with van der Waals surface area (Å²) in [5.74, 6) is 0.126. The number of nitriles is 1. The van der Waals surface area contributed by atoms with E-state index in [9.17, 15) is 14.9 Å². The van der Waals surface area contributed by atoms with Gasteiger partial charge in [-0.1, -0.05) is 6.07 Å². The Morgan fingerprint density at radius 3 is 2.56 bits per heavy atom. The predicted molar refractivity (Wildman–Crippen MR) is 102 cm³/mol. The molecule has 2 amide bonds. The summed E-state index contributed by atoms with van der Waals surface area (Å²) < 4.78 is 5.33. The van der Waals surface area contributed by atoms with E-state index < -0.39 is 5.60 Å². The molecule has 1 aliphatic heterocycles. The van der Waals surface area contributed by atoms with E-state index in [1.807, 2.05) is 43.9 Å². The first-order valence-corrected chi connectivity index (χ1v) is 9.61. The van der Waals surface area contributed by atoms with Gasteiger partial charge in [0.15, 0.2) is 0 Å². The Morgan fingerprint density at radius 2 is 1.93 bits per heavy atom. The van der Waals surface area contributed by atoms with Gasteiger partial charge in [0.1, 0.15) is 5.60 Å². The lowest BCUT2D eigenvalue weighted by Crippen LogP contribution is -2.48. The van der Waals surface area contributed by atoms with Crippen LogP contribution in [0, 0.1) is 11.3 Å². The molecule has 0 bridgehead atoms. The van der Waals surface area contributed by atoms with Crippen LogP contribution in [0.1, 0.15) is 64.0 Å². The first-order chi connectivity index (χ1) is 12.8. The SMILES string of the molecule is CC(C)(C)OC(=O)NC1CCC(N2C(=O)CCc3ccc(C#N)cc32)CC1. The Bertz CT molecular complexity index is 768. The van der Waals surface area contributed by atoms with Gasteiger partial charge in [-0.15, -0.1) is 0 Å². The maximum Gasteiger partial charge on any atom is 0.407 e. The third kappa shape index (κ3) is 4.60. The van der Waals surface area contributed by atoms with Crippen molar-refractivity contribution in [3.8, 4) is 6.07 Å². The number of fused-ring (bicyclic) bond motifs is 1. The molecule has 0 aromatic heterocycles. The summed E-state index contributed by atoms with van der Waals surface area (Å²) in [5, 5.41) is 12.1. The third-order valence-corrected chi connectivity index (χ3v) is 5.13. The van der Waals surface area contributed by atoms with Gasteiger partial charge in [-0.2, -0.15) is 5.26 Å². The fraction of sp³-hybridized carbons (Fsp3) is 0.571. The van der Waals surface area contributed by atoms with Gasteiger partial charge in [-0.05, 0) is 70.6 Å². The second-order valence-corrected chi connectivity index (χ2v) is 8.37. The van der Waals surface area contributed by atoms with E-state index in [-0.39, 0.29) is 24.1 Å². The van der Waals surface area contributed by atoms with Crippen LogP contribution < -0.4 is 10.2 Å². The minimum Gasteiger partial charge on any atom is -0.444 e. The molecule has 0 atom stereocenters. The topological polar surface area (TPSA) is 82.4 Å². The van der Waals surface area contributed by atoms with Gasteiger partial charge in [0.2, 0.25) is 5.91 Å². The van der Waals surface area contributed by atoms with E-state index >= 15 is 0 Å². The average molecular weight is 369 g/mol. The highest BCUT2D eigenvalue weighted by Crippen LogP contribution is 2.35. The van der Waals surface area contributed by atoms with Crippen molar-refractivity contribution >= 4 is 17.7 Å². The summed E-state index contributed by atoms with van der Waals surface area (Å²) >= 11 is 0. The van der Waals surface area contributed by atoms with E-state index in [0.717, 1.165) is 43.4 Å². The first-order valence-electron chi connectivity index (χ1n) is 9.61. The van der Waals surface area contributed by atoms with Crippen LogP contribution in [0.5, 0.6) is 0 Å². The molecule has 0 saturated heterocycles. The molecule has 0 radical (unpaired) electrons. The number of aryl methyl sites for hydroxylation is 1. The van der Waals surface area contributed by atoms with Gasteiger partial charge >= 0.3 is 6.09 Å². The number of rotatable bonds is 2. The van der Waals surface area contributed by atoms with Gasteiger partial charge in [0.05, 0.1) is 11.6 Å². The van der Waals surface area contributed by atoms with Crippen LogP contribution >= 0.6 is 0 Å². The van der Waals surface area contributed by atoms with Crippen molar-refractivity contribution in [1.29, 1.82) is 5.26 Å². The molecule has 1 aromatic carbocycles. The Kier molecular flexibility index (Phi) is 5.41. The molecule has 6 heteroatoms. The maximum absolute atomic E-state index is 12.6. The van der Waals surface area contributed by atoms with Crippen molar-refractivity contribution < 1.29 is 14.3 Å². The lowest BCUT2D eigenvalue weighted by atomic mass is 9.87. The van der Waals surface area contributed by atoms with Crippen LogP contribution in [0.25, 0.3) is 0 Å². The highest BCUT2D eigenvalue weighted by atomic mass is 16.6. The second kappa shape index (κ2) is 7.59. The fourth-order valence-electron chi connectivity index (χ4n) is 3.92. The summed E-state index contributed by atoms with van der Waals surface area (Å²) in [6.45, 7) is 5.54. The molecule has 1 saturated carbocycles. The number of benzene rings is 1. The van der Waals surface area contributed by atoms with E-state index in [1.54, 1.807) is 0 Å². The number of nitrogens with one attached hydrogen (secondary N) is 1. The number of carbonyl (C=O) groups is 2. The number of ether oxygens (including phenoxy) is 1. The van der Waals surface area contributed by atoms with Crippen LogP contribution in [0.3, 0.4) is 0 Å². The van der Waals surface area contributed by atoms with Crippen molar-refractivity contribution in [1.82, 2.24) is 5.32 Å². The van der Waals surface area contributed by atoms with E-state index in [2.05, 4.69) is 11.4 Å². The minimum absolute atomic E-state index is 0.0703. The highest BCUT2D eigenvalue weighted by molar-refractivity contribution is 5.97. The Hall–Kier alpha value is -2.55. The number of hydrogen-bond acceptors (Lipinski definition) is 4. The van der Waals surface area contributed by atoms with Crippen LogP contribution in [0.4, 0.5) is 10.5 Å². The normalized spacial score (nSPS) is 22.6. The number of carbonyl (C=O) groups excluding carboxylic acids is 2. The lowest BCUT2D eigenvalue weighted by Gasteiger charge is -2.40. The first kappa shape index (κ1) is 19.2. The van der Waals surface area contributed by atoms with E-state index in [1.165, 1.54) is 0 Å². The molecule has 1 N–H and O–H groups in total. The van der Waals surface area contributed by atoms with Gasteiger partial charge in [0.25, 0.3) is 0 Å². The largest absolute Gasteiger partial charge is 0.444 e. The Labute approximate surface area is 160 Å². The minimum atomic E-state index is -0.510. The third-order valence-electron chi connectivity index (χ3n) is 5.13. The Balaban J connectivity index is 1.65. The maximum atomic E-state index is 12.6. The summed E-state index contributed by atoms with van der Waals surface area (Å²) in [6, 6.07) is 7.95. The fourth-order valence-corrected chi connectivity index (χ4v) is 3.92. The number of hydrogen-bond donors (Lipinski definition) is 1. The molecule has 1 fully saturated rings. The molecule has 0 unspecified atom stereocenters. The van der Waals surface area contributed by atoms with Gasteiger partial charge < -0.3 is 15.0 Å². The van der Waals surface area contributed by atoms with Gasteiger partial charge in [-0.3, -0.25) is 4.79 Å². The molecule has 2 aliphatic rings. The summed E-state index contributed by atoms with van der Waals surface area (Å²) in [6.07, 6.45) is 4.11. The molecular weight excluding hydrogens is 342 g/mol. The molecule has 0 spiro atoms. The van der Waals surface area contributed by atoms with Crippen LogP contribution in [0.2, 0.25) is 0 Å².